The summed E-state index contributed by atoms with van der Waals surface area (Å²) in [7, 11) is 1.37. The third-order valence-corrected chi connectivity index (χ3v) is 8.93. The van der Waals surface area contributed by atoms with E-state index >= 15 is 0 Å². The van der Waals surface area contributed by atoms with Crippen molar-refractivity contribution in [1.29, 1.82) is 0 Å². The molecule has 2 heterocycles. The first-order valence-electron chi connectivity index (χ1n) is 15.1. The number of rotatable bonds is 11. The van der Waals surface area contributed by atoms with E-state index in [1.807, 2.05) is 97.9 Å². The molecule has 6 aromatic rings. The molecule has 0 aliphatic carbocycles. The summed E-state index contributed by atoms with van der Waals surface area (Å²) in [5, 5.41) is 3.25. The van der Waals surface area contributed by atoms with Crippen LogP contribution in [0.2, 0.25) is 15.1 Å². The quantitative estimate of drug-likeness (QED) is 0.126. The maximum Gasteiger partial charge on any atom is 0.313 e. The Morgan fingerprint density at radius 2 is 1.23 bits per heavy atom. The van der Waals surface area contributed by atoms with Crippen LogP contribution in [-0.4, -0.2) is 23.0 Å². The number of hydrogen-bond donors (Lipinski definition) is 0. The van der Waals surface area contributed by atoms with E-state index in [-0.39, 0.29) is 25.1 Å². The lowest BCUT2D eigenvalue weighted by atomic mass is 9.86. The molecular weight excluding hydrogens is 655 g/mol. The van der Waals surface area contributed by atoms with Gasteiger partial charge in [-0.25, -0.2) is 9.97 Å². The number of halogens is 3. The Hall–Kier alpha value is -4.36. The van der Waals surface area contributed by atoms with Crippen molar-refractivity contribution in [3.05, 3.63) is 141 Å². The van der Waals surface area contributed by atoms with Crippen LogP contribution in [0.3, 0.4) is 0 Å². The molecule has 0 aliphatic heterocycles. The maximum atomic E-state index is 13.0. The Morgan fingerprint density at radius 1 is 0.681 bits per heavy atom. The first kappa shape index (κ1) is 32.6. The molecule has 2 unspecified atom stereocenters. The predicted molar refractivity (Wildman–Crippen MR) is 188 cm³/mol. The number of nitrogens with zero attached hydrogens (tertiary/aromatic N) is 2. The van der Waals surface area contributed by atoms with Gasteiger partial charge >= 0.3 is 5.97 Å². The Balaban J connectivity index is 1.13. The van der Waals surface area contributed by atoms with Crippen LogP contribution in [0.5, 0.6) is 11.5 Å². The molecule has 2 atom stereocenters. The molecule has 0 saturated carbocycles. The van der Waals surface area contributed by atoms with E-state index in [0.717, 1.165) is 38.8 Å². The molecule has 0 fully saturated rings. The molecule has 2 aromatic heterocycles. The van der Waals surface area contributed by atoms with E-state index in [2.05, 4.69) is 9.97 Å². The van der Waals surface area contributed by atoms with Gasteiger partial charge in [-0.3, -0.25) is 4.79 Å². The molecule has 47 heavy (non-hydrogen) atoms. The monoisotopic (exact) mass is 684 g/mol. The van der Waals surface area contributed by atoms with Gasteiger partial charge in [0, 0.05) is 10.8 Å². The number of carbonyl (C=O) groups excluding carboxylic acids is 1. The fourth-order valence-electron chi connectivity index (χ4n) is 5.53. The van der Waals surface area contributed by atoms with E-state index < -0.39 is 5.92 Å². The Bertz CT molecular complexity index is 2050. The highest BCUT2D eigenvalue weighted by atomic mass is 35.5. The highest BCUT2D eigenvalue weighted by Gasteiger charge is 2.26. The van der Waals surface area contributed by atoms with Crippen LogP contribution in [0.25, 0.3) is 21.8 Å². The minimum atomic E-state index is -0.587. The number of aromatic nitrogens is 2. The lowest BCUT2D eigenvalue weighted by Gasteiger charge is -2.22. The van der Waals surface area contributed by atoms with Crippen molar-refractivity contribution in [2.45, 2.75) is 38.4 Å². The molecule has 0 aliphatic rings. The normalized spacial score (nSPS) is 12.5. The van der Waals surface area contributed by atoms with Crippen LogP contribution >= 0.6 is 34.8 Å². The zero-order chi connectivity index (χ0) is 32.9. The summed E-state index contributed by atoms with van der Waals surface area (Å²) in [5.74, 6) is -0.197. The molecule has 238 valence electrons. The largest absolute Gasteiger partial charge is 0.486 e. The van der Waals surface area contributed by atoms with E-state index in [4.69, 9.17) is 49.0 Å². The van der Waals surface area contributed by atoms with Gasteiger partial charge in [0.2, 0.25) is 0 Å². The van der Waals surface area contributed by atoms with Gasteiger partial charge in [-0.2, -0.15) is 0 Å². The Kier molecular flexibility index (Phi) is 10.1. The second-order valence-electron chi connectivity index (χ2n) is 11.3. The molecule has 0 radical (unpaired) electrons. The van der Waals surface area contributed by atoms with Crippen LogP contribution in [0, 0.1) is 0 Å². The molecule has 0 bridgehead atoms. The summed E-state index contributed by atoms with van der Waals surface area (Å²) in [6.07, 6.45) is 0.429. The van der Waals surface area contributed by atoms with Gasteiger partial charge in [-0.15, -0.1) is 0 Å². The summed E-state index contributed by atoms with van der Waals surface area (Å²) < 4.78 is 17.2. The number of benzene rings is 4. The van der Waals surface area contributed by atoms with Crippen LogP contribution in [0.4, 0.5) is 0 Å². The zero-order valence-corrected chi connectivity index (χ0v) is 28.0. The van der Waals surface area contributed by atoms with Crippen molar-refractivity contribution in [1.82, 2.24) is 9.97 Å². The standard InChI is InChI=1S/C38H31Cl3N2O4/c1-23(27-19-32(40)37(33(41)20-27)47-22-29-15-12-25-8-4-6-10-35(25)43-29)17-30(38(44)45-2)26-13-16-36(31(39)18-26)46-21-28-14-11-24-7-3-5-9-34(24)42-28/h3-16,18-20,23,30H,17,21-22H2,1-2H3. The third kappa shape index (κ3) is 7.62. The van der Waals surface area contributed by atoms with Gasteiger partial charge in [-0.1, -0.05) is 96.3 Å². The van der Waals surface area contributed by atoms with Gasteiger partial charge in [0.1, 0.15) is 19.0 Å². The molecule has 0 spiro atoms. The molecule has 0 saturated heterocycles. The number of ether oxygens (including phenoxy) is 3. The number of fused-ring (bicyclic) bond motifs is 2. The summed E-state index contributed by atoms with van der Waals surface area (Å²) >= 11 is 20.0. The molecule has 9 heteroatoms. The third-order valence-electron chi connectivity index (χ3n) is 8.08. The van der Waals surface area contributed by atoms with Crippen LogP contribution in [-0.2, 0) is 22.7 Å². The minimum Gasteiger partial charge on any atom is -0.486 e. The molecule has 0 amide bonds. The number of methoxy groups -OCH3 is 1. The van der Waals surface area contributed by atoms with E-state index in [9.17, 15) is 4.79 Å². The number of hydrogen-bond acceptors (Lipinski definition) is 6. The SMILES string of the molecule is COC(=O)C(CC(C)c1cc(Cl)c(OCc2ccc3ccccc3n2)c(Cl)c1)c1ccc(OCc2ccc3ccccc3n2)c(Cl)c1. The number of esters is 1. The molecule has 6 nitrogen and oxygen atoms in total. The summed E-state index contributed by atoms with van der Waals surface area (Å²) in [6.45, 7) is 2.47. The number of para-hydroxylation sites is 2. The van der Waals surface area contributed by atoms with Crippen LogP contribution in [0.1, 0.15) is 47.7 Å². The lowest BCUT2D eigenvalue weighted by molar-refractivity contribution is -0.142. The van der Waals surface area contributed by atoms with Gasteiger partial charge in [0.25, 0.3) is 0 Å². The smallest absolute Gasteiger partial charge is 0.313 e. The molecular formula is C38H31Cl3N2O4. The van der Waals surface area contributed by atoms with Crippen LogP contribution in [0.15, 0.2) is 103 Å². The average molecular weight is 686 g/mol. The van der Waals surface area contributed by atoms with E-state index in [0.29, 0.717) is 38.6 Å². The Labute approximate surface area is 288 Å². The zero-order valence-electron chi connectivity index (χ0n) is 25.8. The number of carbonyl (C=O) groups is 1. The van der Waals surface area contributed by atoms with Gasteiger partial charge in [0.15, 0.2) is 5.75 Å². The highest BCUT2D eigenvalue weighted by molar-refractivity contribution is 6.37. The average Bonchev–Trinajstić information content (AvgIpc) is 3.09. The predicted octanol–water partition coefficient (Wildman–Crippen LogP) is 10.4. The summed E-state index contributed by atoms with van der Waals surface area (Å²) in [4.78, 5) is 22.3. The molecule has 4 aromatic carbocycles. The lowest BCUT2D eigenvalue weighted by Crippen LogP contribution is -2.17. The second kappa shape index (κ2) is 14.6. The van der Waals surface area contributed by atoms with Crippen molar-refractivity contribution in [3.8, 4) is 11.5 Å². The second-order valence-corrected chi connectivity index (χ2v) is 12.5. The summed E-state index contributed by atoms with van der Waals surface area (Å²) in [6, 6.07) is 32.6. The van der Waals surface area contributed by atoms with Gasteiger partial charge < -0.3 is 14.2 Å². The topological polar surface area (TPSA) is 70.5 Å². The Morgan fingerprint density at radius 3 is 1.81 bits per heavy atom. The van der Waals surface area contributed by atoms with Crippen LogP contribution < -0.4 is 9.47 Å². The maximum absolute atomic E-state index is 13.0. The summed E-state index contributed by atoms with van der Waals surface area (Å²) in [5.41, 5.74) is 4.90. The fraction of sp³-hybridized carbons (Fsp3) is 0.184. The molecule has 0 N–H and O–H groups in total. The van der Waals surface area contributed by atoms with E-state index in [1.54, 1.807) is 12.1 Å². The van der Waals surface area contributed by atoms with Crippen molar-refractivity contribution in [3.63, 3.8) is 0 Å². The fourth-order valence-corrected chi connectivity index (χ4v) is 6.38. The van der Waals surface area contributed by atoms with Gasteiger partial charge in [-0.05, 0) is 72.0 Å². The van der Waals surface area contributed by atoms with Crippen molar-refractivity contribution >= 4 is 62.6 Å². The number of pyridine rings is 2. The van der Waals surface area contributed by atoms with Crippen molar-refractivity contribution < 1.29 is 19.0 Å². The first-order valence-corrected chi connectivity index (χ1v) is 16.2. The highest BCUT2D eigenvalue weighted by Crippen LogP contribution is 2.40. The first-order chi connectivity index (χ1) is 22.8. The van der Waals surface area contributed by atoms with Crippen molar-refractivity contribution in [2.24, 2.45) is 0 Å². The van der Waals surface area contributed by atoms with Gasteiger partial charge in [0.05, 0.1) is 50.5 Å². The minimum absolute atomic E-state index is 0.112. The van der Waals surface area contributed by atoms with Crippen molar-refractivity contribution in [2.75, 3.05) is 7.11 Å². The van der Waals surface area contributed by atoms with E-state index in [1.165, 1.54) is 7.11 Å². The molecule has 6 rings (SSSR count).